The summed E-state index contributed by atoms with van der Waals surface area (Å²) in [6, 6.07) is 14.7. The number of aromatic nitrogens is 2. The van der Waals surface area contributed by atoms with Gasteiger partial charge in [0.1, 0.15) is 11.6 Å². The summed E-state index contributed by atoms with van der Waals surface area (Å²) < 4.78 is 7.95. The molecule has 0 radical (unpaired) electrons. The van der Waals surface area contributed by atoms with Crippen LogP contribution in [0.5, 0.6) is 0 Å². The van der Waals surface area contributed by atoms with Gasteiger partial charge >= 0.3 is 0 Å². The van der Waals surface area contributed by atoms with Gasteiger partial charge in [0, 0.05) is 26.1 Å². The molecule has 122 valence electrons. The van der Waals surface area contributed by atoms with E-state index in [2.05, 4.69) is 45.9 Å². The lowest BCUT2D eigenvalue weighted by atomic mass is 9.89. The standard InChI is InChI=1S/C20H21N3O/c1-2-5-15(6-3-1)19-10-21-20-9-16-11-22(12-17(16)13-23(19)20)14-18-7-4-8-24-18/h1-8,10,16-17H,9,11-14H2. The van der Waals surface area contributed by atoms with Gasteiger partial charge < -0.3 is 8.98 Å². The molecule has 2 aliphatic heterocycles. The van der Waals surface area contributed by atoms with Crippen LogP contribution in [0.3, 0.4) is 0 Å². The van der Waals surface area contributed by atoms with E-state index in [0.29, 0.717) is 5.92 Å². The fraction of sp³-hybridized carbons (Fsp3) is 0.350. The van der Waals surface area contributed by atoms with Crippen LogP contribution in [0.15, 0.2) is 59.3 Å². The second kappa shape index (κ2) is 5.64. The van der Waals surface area contributed by atoms with Crippen LogP contribution in [0.25, 0.3) is 11.3 Å². The third-order valence-electron chi connectivity index (χ3n) is 5.48. The third kappa shape index (κ3) is 2.38. The second-order valence-corrected chi connectivity index (χ2v) is 7.03. The number of rotatable bonds is 3. The molecule has 3 aromatic rings. The zero-order chi connectivity index (χ0) is 15.9. The quantitative estimate of drug-likeness (QED) is 0.741. The van der Waals surface area contributed by atoms with Gasteiger partial charge in [-0.1, -0.05) is 30.3 Å². The average Bonchev–Trinajstić information content (AvgIpc) is 3.32. The molecular formula is C20H21N3O. The molecule has 1 fully saturated rings. The van der Waals surface area contributed by atoms with Crippen molar-refractivity contribution in [2.24, 2.45) is 11.8 Å². The molecule has 2 unspecified atom stereocenters. The van der Waals surface area contributed by atoms with Gasteiger partial charge in [0.2, 0.25) is 0 Å². The van der Waals surface area contributed by atoms with Crippen LogP contribution in [0.4, 0.5) is 0 Å². The van der Waals surface area contributed by atoms with Crippen molar-refractivity contribution in [3.8, 4) is 11.3 Å². The number of fused-ring (bicyclic) bond motifs is 2. The molecule has 5 rings (SSSR count). The van der Waals surface area contributed by atoms with E-state index in [1.54, 1.807) is 6.26 Å². The molecular weight excluding hydrogens is 298 g/mol. The Morgan fingerprint density at radius 2 is 1.88 bits per heavy atom. The highest BCUT2D eigenvalue weighted by molar-refractivity contribution is 5.59. The molecule has 2 aromatic heterocycles. The highest BCUT2D eigenvalue weighted by atomic mass is 16.3. The number of furan rings is 1. The van der Waals surface area contributed by atoms with Crippen molar-refractivity contribution in [3.05, 3.63) is 66.5 Å². The van der Waals surface area contributed by atoms with Crippen molar-refractivity contribution in [1.29, 1.82) is 0 Å². The first-order valence-corrected chi connectivity index (χ1v) is 8.71. The fourth-order valence-electron chi connectivity index (χ4n) is 4.32. The molecule has 0 N–H and O–H groups in total. The first-order valence-electron chi connectivity index (χ1n) is 8.71. The third-order valence-corrected chi connectivity index (χ3v) is 5.48. The molecule has 4 heterocycles. The van der Waals surface area contributed by atoms with Crippen LogP contribution in [-0.4, -0.2) is 27.5 Å². The molecule has 4 heteroatoms. The van der Waals surface area contributed by atoms with E-state index in [-0.39, 0.29) is 0 Å². The van der Waals surface area contributed by atoms with Gasteiger partial charge in [-0.2, -0.15) is 0 Å². The monoisotopic (exact) mass is 319 g/mol. The molecule has 0 bridgehead atoms. The number of imidazole rings is 1. The van der Waals surface area contributed by atoms with E-state index in [4.69, 9.17) is 9.40 Å². The molecule has 0 amide bonds. The topological polar surface area (TPSA) is 34.2 Å². The number of likely N-dealkylation sites (tertiary alicyclic amines) is 1. The Hall–Kier alpha value is -2.33. The van der Waals surface area contributed by atoms with Gasteiger partial charge in [0.05, 0.1) is 24.7 Å². The summed E-state index contributed by atoms with van der Waals surface area (Å²) in [4.78, 5) is 7.25. The van der Waals surface area contributed by atoms with Crippen LogP contribution in [-0.2, 0) is 19.5 Å². The molecule has 0 aliphatic carbocycles. The average molecular weight is 319 g/mol. The molecule has 1 saturated heterocycles. The SMILES string of the molecule is c1ccc(-c2cnc3n2CC2CN(Cc4ccco4)CC2C3)cc1. The van der Waals surface area contributed by atoms with Crippen molar-refractivity contribution in [3.63, 3.8) is 0 Å². The molecule has 0 saturated carbocycles. The lowest BCUT2D eigenvalue weighted by molar-refractivity contribution is 0.282. The van der Waals surface area contributed by atoms with E-state index in [9.17, 15) is 0 Å². The second-order valence-electron chi connectivity index (χ2n) is 7.03. The molecule has 2 atom stereocenters. The summed E-state index contributed by atoms with van der Waals surface area (Å²) in [7, 11) is 0. The van der Waals surface area contributed by atoms with Crippen molar-refractivity contribution in [2.45, 2.75) is 19.5 Å². The molecule has 2 aliphatic rings. The van der Waals surface area contributed by atoms with Gasteiger partial charge in [-0.25, -0.2) is 4.98 Å². The Morgan fingerprint density at radius 1 is 1.00 bits per heavy atom. The minimum Gasteiger partial charge on any atom is -0.468 e. The van der Waals surface area contributed by atoms with Crippen LogP contribution >= 0.6 is 0 Å². The first-order chi connectivity index (χ1) is 11.9. The Labute approximate surface area is 141 Å². The Bertz CT molecular complexity index is 822. The highest BCUT2D eigenvalue weighted by Crippen LogP contribution is 2.35. The minimum absolute atomic E-state index is 0.712. The Morgan fingerprint density at radius 3 is 2.71 bits per heavy atom. The van der Waals surface area contributed by atoms with Crippen molar-refractivity contribution >= 4 is 0 Å². The van der Waals surface area contributed by atoms with Gasteiger partial charge in [0.25, 0.3) is 0 Å². The van der Waals surface area contributed by atoms with Gasteiger partial charge in [-0.05, 0) is 29.5 Å². The van der Waals surface area contributed by atoms with Crippen molar-refractivity contribution < 1.29 is 4.42 Å². The Kier molecular flexibility index (Phi) is 3.30. The Balaban J connectivity index is 1.37. The maximum atomic E-state index is 5.51. The van der Waals surface area contributed by atoms with E-state index < -0.39 is 0 Å². The molecule has 1 aromatic carbocycles. The van der Waals surface area contributed by atoms with Gasteiger partial charge in [0.15, 0.2) is 0 Å². The number of benzene rings is 1. The summed E-state index contributed by atoms with van der Waals surface area (Å²) in [6.07, 6.45) is 4.90. The predicted octanol–water partition coefficient (Wildman–Crippen LogP) is 3.45. The largest absolute Gasteiger partial charge is 0.468 e. The predicted molar refractivity (Wildman–Crippen MR) is 92.3 cm³/mol. The van der Waals surface area contributed by atoms with Gasteiger partial charge in [-0.15, -0.1) is 0 Å². The number of hydrogen-bond acceptors (Lipinski definition) is 3. The van der Waals surface area contributed by atoms with Crippen LogP contribution in [0.1, 0.15) is 11.6 Å². The van der Waals surface area contributed by atoms with Crippen LogP contribution < -0.4 is 0 Å². The number of hydrogen-bond donors (Lipinski definition) is 0. The van der Waals surface area contributed by atoms with E-state index >= 15 is 0 Å². The fourth-order valence-corrected chi connectivity index (χ4v) is 4.32. The van der Waals surface area contributed by atoms with Crippen molar-refractivity contribution in [2.75, 3.05) is 13.1 Å². The van der Waals surface area contributed by atoms with E-state index in [1.165, 1.54) is 17.1 Å². The lowest BCUT2D eigenvalue weighted by Crippen LogP contribution is -2.28. The summed E-state index contributed by atoms with van der Waals surface area (Å²) in [5.74, 6) is 3.74. The molecule has 24 heavy (non-hydrogen) atoms. The normalized spacial score (nSPS) is 23.2. The number of nitrogens with zero attached hydrogens (tertiary/aromatic N) is 3. The summed E-state index contributed by atoms with van der Waals surface area (Å²) >= 11 is 0. The van der Waals surface area contributed by atoms with Crippen molar-refractivity contribution in [1.82, 2.24) is 14.5 Å². The maximum absolute atomic E-state index is 5.51. The van der Waals surface area contributed by atoms with Crippen LogP contribution in [0, 0.1) is 11.8 Å². The summed E-state index contributed by atoms with van der Waals surface area (Å²) in [5.41, 5.74) is 2.52. The zero-order valence-corrected chi connectivity index (χ0v) is 13.6. The molecule has 0 spiro atoms. The minimum atomic E-state index is 0.712. The highest BCUT2D eigenvalue weighted by Gasteiger charge is 2.38. The van der Waals surface area contributed by atoms with E-state index in [0.717, 1.165) is 44.3 Å². The van der Waals surface area contributed by atoms with E-state index in [1.807, 2.05) is 12.3 Å². The smallest absolute Gasteiger partial charge is 0.117 e. The molecule has 4 nitrogen and oxygen atoms in total. The maximum Gasteiger partial charge on any atom is 0.117 e. The summed E-state index contributed by atoms with van der Waals surface area (Å²) in [6.45, 7) is 4.31. The first kappa shape index (κ1) is 14.1. The lowest BCUT2D eigenvalue weighted by Gasteiger charge is -2.27. The zero-order valence-electron chi connectivity index (χ0n) is 13.6. The van der Waals surface area contributed by atoms with Gasteiger partial charge in [-0.3, -0.25) is 4.90 Å². The van der Waals surface area contributed by atoms with Crippen LogP contribution in [0.2, 0.25) is 0 Å². The summed E-state index contributed by atoms with van der Waals surface area (Å²) in [5, 5.41) is 0.